The molecule has 1 fully saturated rings. The van der Waals surface area contributed by atoms with Crippen molar-refractivity contribution in [1.82, 2.24) is 4.90 Å². The fourth-order valence-electron chi connectivity index (χ4n) is 1.73. The van der Waals surface area contributed by atoms with Gasteiger partial charge in [0.1, 0.15) is 0 Å². The summed E-state index contributed by atoms with van der Waals surface area (Å²) in [5.74, 6) is 0. The number of hydrogen-bond acceptors (Lipinski definition) is 3. The minimum Gasteiger partial charge on any atom is -0.395 e. The SMILES string of the molecule is CC(C)N1CC(O)C[C@@H]1CO. The highest BCUT2D eigenvalue weighted by Crippen LogP contribution is 2.19. The van der Waals surface area contributed by atoms with Crippen molar-refractivity contribution in [2.45, 2.75) is 38.5 Å². The van der Waals surface area contributed by atoms with Gasteiger partial charge in [0, 0.05) is 18.6 Å². The highest BCUT2D eigenvalue weighted by molar-refractivity contribution is 4.86. The number of aliphatic hydroxyl groups is 2. The Morgan fingerprint density at radius 1 is 1.55 bits per heavy atom. The van der Waals surface area contributed by atoms with Crippen LogP contribution in [-0.2, 0) is 0 Å². The predicted molar refractivity (Wildman–Crippen MR) is 43.3 cm³/mol. The van der Waals surface area contributed by atoms with Crippen LogP contribution < -0.4 is 0 Å². The average Bonchev–Trinajstić information content (AvgIpc) is 2.30. The number of rotatable bonds is 2. The first-order valence-corrected chi connectivity index (χ1v) is 4.19. The van der Waals surface area contributed by atoms with Crippen molar-refractivity contribution in [1.29, 1.82) is 0 Å². The lowest BCUT2D eigenvalue weighted by Gasteiger charge is -2.26. The molecule has 0 aromatic carbocycles. The Kier molecular flexibility index (Phi) is 2.87. The van der Waals surface area contributed by atoms with Crippen LogP contribution in [0, 0.1) is 0 Å². The van der Waals surface area contributed by atoms with Crippen LogP contribution in [0.4, 0.5) is 0 Å². The molecule has 66 valence electrons. The van der Waals surface area contributed by atoms with Gasteiger partial charge in [0.15, 0.2) is 0 Å². The molecule has 1 saturated heterocycles. The smallest absolute Gasteiger partial charge is 0.0683 e. The summed E-state index contributed by atoms with van der Waals surface area (Å²) in [6, 6.07) is 0.592. The summed E-state index contributed by atoms with van der Waals surface area (Å²) in [6.45, 7) is 5.04. The third kappa shape index (κ3) is 1.92. The molecule has 11 heavy (non-hydrogen) atoms. The average molecular weight is 159 g/mol. The van der Waals surface area contributed by atoms with Crippen molar-refractivity contribution in [2.24, 2.45) is 0 Å². The van der Waals surface area contributed by atoms with Gasteiger partial charge in [0.25, 0.3) is 0 Å². The van der Waals surface area contributed by atoms with Crippen LogP contribution >= 0.6 is 0 Å². The second-order valence-electron chi connectivity index (χ2n) is 3.52. The van der Waals surface area contributed by atoms with Gasteiger partial charge in [-0.2, -0.15) is 0 Å². The van der Waals surface area contributed by atoms with Gasteiger partial charge in [0.2, 0.25) is 0 Å². The van der Waals surface area contributed by atoms with Crippen LogP contribution in [0.25, 0.3) is 0 Å². The van der Waals surface area contributed by atoms with Crippen molar-refractivity contribution in [3.05, 3.63) is 0 Å². The quantitative estimate of drug-likeness (QED) is 0.587. The van der Waals surface area contributed by atoms with Crippen LogP contribution in [0.1, 0.15) is 20.3 Å². The van der Waals surface area contributed by atoms with Gasteiger partial charge in [-0.25, -0.2) is 0 Å². The third-order valence-electron chi connectivity index (χ3n) is 2.31. The number of nitrogens with zero attached hydrogens (tertiary/aromatic N) is 1. The summed E-state index contributed by atoms with van der Waals surface area (Å²) in [5.41, 5.74) is 0. The Labute approximate surface area is 67.6 Å². The molecule has 0 radical (unpaired) electrons. The lowest BCUT2D eigenvalue weighted by atomic mass is 10.2. The van der Waals surface area contributed by atoms with Crippen molar-refractivity contribution in [3.8, 4) is 0 Å². The first kappa shape index (κ1) is 8.97. The van der Waals surface area contributed by atoms with Crippen LogP contribution in [0.3, 0.4) is 0 Å². The number of β-amino-alcohol motifs (C(OH)–C–C–N with tert-alkyl or cyclic N) is 1. The monoisotopic (exact) mass is 159 g/mol. The minimum absolute atomic E-state index is 0.162. The standard InChI is InChI=1S/C8H17NO2/c1-6(2)9-4-8(11)3-7(9)5-10/h6-8,10-11H,3-5H2,1-2H3/t7-,8?/m1/s1. The van der Waals surface area contributed by atoms with Crippen LogP contribution in [-0.4, -0.2) is 46.5 Å². The first-order chi connectivity index (χ1) is 5.15. The summed E-state index contributed by atoms with van der Waals surface area (Å²) in [6.07, 6.45) is 0.476. The fraction of sp³-hybridized carbons (Fsp3) is 1.00. The number of hydrogen-bond donors (Lipinski definition) is 2. The lowest BCUT2D eigenvalue weighted by molar-refractivity contribution is 0.128. The molecule has 0 saturated carbocycles. The molecule has 1 aliphatic rings. The molecule has 3 heteroatoms. The van der Waals surface area contributed by atoms with Gasteiger partial charge in [-0.15, -0.1) is 0 Å². The molecule has 2 atom stereocenters. The second-order valence-corrected chi connectivity index (χ2v) is 3.52. The zero-order valence-corrected chi connectivity index (χ0v) is 7.20. The molecule has 0 bridgehead atoms. The topological polar surface area (TPSA) is 43.7 Å². The minimum atomic E-state index is -0.241. The molecule has 3 nitrogen and oxygen atoms in total. The van der Waals surface area contributed by atoms with E-state index in [-0.39, 0.29) is 18.8 Å². The zero-order valence-electron chi connectivity index (χ0n) is 7.20. The molecule has 1 unspecified atom stereocenters. The Morgan fingerprint density at radius 2 is 2.18 bits per heavy atom. The number of aliphatic hydroxyl groups excluding tert-OH is 2. The summed E-state index contributed by atoms with van der Waals surface area (Å²) in [5, 5.41) is 18.2. The highest BCUT2D eigenvalue weighted by Gasteiger charge is 2.31. The maximum absolute atomic E-state index is 9.30. The van der Waals surface area contributed by atoms with E-state index in [4.69, 9.17) is 5.11 Å². The van der Waals surface area contributed by atoms with Gasteiger partial charge in [-0.1, -0.05) is 0 Å². The molecule has 0 aromatic rings. The lowest BCUT2D eigenvalue weighted by Crippen LogP contribution is -2.37. The molecule has 2 N–H and O–H groups in total. The largest absolute Gasteiger partial charge is 0.395 e. The third-order valence-corrected chi connectivity index (χ3v) is 2.31. The van der Waals surface area contributed by atoms with E-state index >= 15 is 0 Å². The molecule has 1 rings (SSSR count). The molecule has 0 aliphatic carbocycles. The summed E-state index contributed by atoms with van der Waals surface area (Å²) in [4.78, 5) is 2.14. The molecule has 0 spiro atoms. The van der Waals surface area contributed by atoms with E-state index in [9.17, 15) is 5.11 Å². The molecular formula is C8H17NO2. The van der Waals surface area contributed by atoms with Gasteiger partial charge in [0.05, 0.1) is 12.7 Å². The zero-order chi connectivity index (χ0) is 8.43. The Hall–Kier alpha value is -0.120. The van der Waals surface area contributed by atoms with Crippen LogP contribution in [0.5, 0.6) is 0 Å². The van der Waals surface area contributed by atoms with Crippen molar-refractivity contribution >= 4 is 0 Å². The second kappa shape index (κ2) is 3.52. The van der Waals surface area contributed by atoms with Gasteiger partial charge >= 0.3 is 0 Å². The van der Waals surface area contributed by atoms with E-state index in [0.29, 0.717) is 19.0 Å². The fourth-order valence-corrected chi connectivity index (χ4v) is 1.73. The van der Waals surface area contributed by atoms with E-state index in [1.54, 1.807) is 0 Å². The molecule has 1 aliphatic heterocycles. The van der Waals surface area contributed by atoms with Crippen LogP contribution in [0.15, 0.2) is 0 Å². The molecule has 0 aromatic heterocycles. The maximum atomic E-state index is 9.30. The van der Waals surface area contributed by atoms with Crippen molar-refractivity contribution in [2.75, 3.05) is 13.2 Å². The van der Waals surface area contributed by atoms with Gasteiger partial charge < -0.3 is 10.2 Å². The Balaban J connectivity index is 2.50. The molecular weight excluding hydrogens is 142 g/mol. The number of likely N-dealkylation sites (tertiary alicyclic amines) is 1. The van der Waals surface area contributed by atoms with E-state index in [1.807, 2.05) is 0 Å². The Bertz CT molecular complexity index is 127. The van der Waals surface area contributed by atoms with E-state index in [2.05, 4.69) is 18.7 Å². The predicted octanol–water partition coefficient (Wildman–Crippen LogP) is -0.178. The normalized spacial score (nSPS) is 33.5. The maximum Gasteiger partial charge on any atom is 0.0683 e. The van der Waals surface area contributed by atoms with E-state index < -0.39 is 0 Å². The van der Waals surface area contributed by atoms with Crippen LogP contribution in [0.2, 0.25) is 0 Å². The van der Waals surface area contributed by atoms with E-state index in [0.717, 1.165) is 0 Å². The van der Waals surface area contributed by atoms with Gasteiger partial charge in [-0.3, -0.25) is 4.90 Å². The molecule has 0 amide bonds. The highest BCUT2D eigenvalue weighted by atomic mass is 16.3. The van der Waals surface area contributed by atoms with Crippen molar-refractivity contribution < 1.29 is 10.2 Å². The Morgan fingerprint density at radius 3 is 2.55 bits per heavy atom. The molecule has 1 heterocycles. The van der Waals surface area contributed by atoms with Gasteiger partial charge in [-0.05, 0) is 20.3 Å². The first-order valence-electron chi connectivity index (χ1n) is 4.19. The van der Waals surface area contributed by atoms with E-state index in [1.165, 1.54) is 0 Å². The van der Waals surface area contributed by atoms with Crippen molar-refractivity contribution in [3.63, 3.8) is 0 Å². The summed E-state index contributed by atoms with van der Waals surface area (Å²) in [7, 11) is 0. The summed E-state index contributed by atoms with van der Waals surface area (Å²) >= 11 is 0. The summed E-state index contributed by atoms with van der Waals surface area (Å²) < 4.78 is 0.